The van der Waals surface area contributed by atoms with E-state index in [-0.39, 0.29) is 16.5 Å². The van der Waals surface area contributed by atoms with Crippen molar-refractivity contribution in [2.75, 3.05) is 12.4 Å². The Bertz CT molecular complexity index is 457. The summed E-state index contributed by atoms with van der Waals surface area (Å²) < 4.78 is 23.5. The van der Waals surface area contributed by atoms with Gasteiger partial charge in [0, 0.05) is 0 Å². The highest BCUT2D eigenvalue weighted by Gasteiger charge is 2.20. The monoisotopic (exact) mass is 275 g/mol. The molecule has 4 nitrogen and oxygen atoms in total. The molecular weight excluding hydrogens is 261 g/mol. The number of ether oxygens (including phenoxy) is 2. The molecule has 1 rings (SSSR count). The average molecular weight is 276 g/mol. The molecule has 0 saturated heterocycles. The molecule has 0 unspecified atom stereocenters. The maximum absolute atomic E-state index is 13.5. The summed E-state index contributed by atoms with van der Waals surface area (Å²) in [6.07, 6.45) is -0.781. The van der Waals surface area contributed by atoms with Crippen LogP contribution in [-0.4, -0.2) is 18.8 Å². The molecule has 0 aromatic heterocycles. The molecule has 1 aromatic carbocycles. The molecule has 0 radical (unpaired) electrons. The van der Waals surface area contributed by atoms with Crippen molar-refractivity contribution in [2.45, 2.75) is 26.4 Å². The Hall–Kier alpha value is -1.49. The highest BCUT2D eigenvalue weighted by atomic mass is 35.5. The molecule has 0 bridgehead atoms. The fraction of sp³-hybridized carbons (Fsp3) is 0.417. The largest absolute Gasteiger partial charge is 0.495 e. The SMILES string of the molecule is COc1ccc(F)c(NC(=O)OC(C)(C)C)c1Cl. The van der Waals surface area contributed by atoms with Crippen molar-refractivity contribution in [1.29, 1.82) is 0 Å². The summed E-state index contributed by atoms with van der Waals surface area (Å²) in [5.41, 5.74) is -0.836. The molecular formula is C12H15ClFNO3. The number of carbonyl (C=O) groups excluding carboxylic acids is 1. The van der Waals surface area contributed by atoms with Crippen LogP contribution in [0.5, 0.6) is 5.75 Å². The van der Waals surface area contributed by atoms with Crippen LogP contribution in [-0.2, 0) is 4.74 Å². The maximum Gasteiger partial charge on any atom is 0.412 e. The van der Waals surface area contributed by atoms with Crippen LogP contribution in [0.15, 0.2) is 12.1 Å². The Morgan fingerprint density at radius 1 is 1.39 bits per heavy atom. The summed E-state index contributed by atoms with van der Waals surface area (Å²) in [5, 5.41) is 2.25. The molecule has 1 aromatic rings. The lowest BCUT2D eigenvalue weighted by atomic mass is 10.2. The summed E-state index contributed by atoms with van der Waals surface area (Å²) in [6, 6.07) is 2.52. The van der Waals surface area contributed by atoms with Gasteiger partial charge in [0.25, 0.3) is 0 Å². The zero-order valence-electron chi connectivity index (χ0n) is 10.6. The summed E-state index contributed by atoms with van der Waals surface area (Å²) in [5.74, 6) is -0.393. The van der Waals surface area contributed by atoms with E-state index in [0.717, 1.165) is 6.07 Å². The quantitative estimate of drug-likeness (QED) is 0.892. The van der Waals surface area contributed by atoms with E-state index in [2.05, 4.69) is 5.32 Å². The van der Waals surface area contributed by atoms with Crippen LogP contribution in [0.1, 0.15) is 20.8 Å². The Morgan fingerprint density at radius 2 is 2.00 bits per heavy atom. The van der Waals surface area contributed by atoms with E-state index in [1.165, 1.54) is 13.2 Å². The molecule has 0 fully saturated rings. The molecule has 100 valence electrons. The molecule has 0 saturated carbocycles. The van der Waals surface area contributed by atoms with Crippen LogP contribution in [0.3, 0.4) is 0 Å². The number of nitrogens with one attached hydrogen (secondary N) is 1. The highest BCUT2D eigenvalue weighted by molar-refractivity contribution is 6.35. The number of carbonyl (C=O) groups is 1. The Morgan fingerprint density at radius 3 is 2.50 bits per heavy atom. The Kier molecular flexibility index (Phi) is 4.40. The first-order chi connectivity index (χ1) is 8.24. The topological polar surface area (TPSA) is 47.6 Å². The van der Waals surface area contributed by atoms with Crippen molar-refractivity contribution >= 4 is 23.4 Å². The molecule has 18 heavy (non-hydrogen) atoms. The van der Waals surface area contributed by atoms with Crippen molar-refractivity contribution in [3.63, 3.8) is 0 Å². The van der Waals surface area contributed by atoms with Crippen molar-refractivity contribution in [3.05, 3.63) is 23.0 Å². The highest BCUT2D eigenvalue weighted by Crippen LogP contribution is 2.34. The van der Waals surface area contributed by atoms with E-state index in [1.54, 1.807) is 20.8 Å². The minimum atomic E-state index is -0.781. The van der Waals surface area contributed by atoms with Gasteiger partial charge in [0.15, 0.2) is 0 Å². The first-order valence-corrected chi connectivity index (χ1v) is 5.64. The van der Waals surface area contributed by atoms with Crippen LogP contribution >= 0.6 is 11.6 Å². The van der Waals surface area contributed by atoms with Gasteiger partial charge in [-0.15, -0.1) is 0 Å². The fourth-order valence-corrected chi connectivity index (χ4v) is 1.49. The predicted molar refractivity (Wildman–Crippen MR) is 67.8 cm³/mol. The lowest BCUT2D eigenvalue weighted by molar-refractivity contribution is 0.0635. The predicted octanol–water partition coefficient (Wildman–Crippen LogP) is 3.83. The Balaban J connectivity index is 2.94. The zero-order chi connectivity index (χ0) is 13.9. The number of halogens is 2. The van der Waals surface area contributed by atoms with E-state index in [1.807, 2.05) is 0 Å². The minimum Gasteiger partial charge on any atom is -0.495 e. The first-order valence-electron chi connectivity index (χ1n) is 5.26. The number of amides is 1. The van der Waals surface area contributed by atoms with E-state index >= 15 is 0 Å². The molecule has 0 spiro atoms. The van der Waals surface area contributed by atoms with Crippen molar-refractivity contribution in [3.8, 4) is 5.75 Å². The zero-order valence-corrected chi connectivity index (χ0v) is 11.4. The second-order valence-electron chi connectivity index (χ2n) is 4.57. The fourth-order valence-electron chi connectivity index (χ4n) is 1.21. The van der Waals surface area contributed by atoms with Crippen LogP contribution in [0.4, 0.5) is 14.9 Å². The van der Waals surface area contributed by atoms with Gasteiger partial charge in [-0.1, -0.05) is 11.6 Å². The van der Waals surface area contributed by atoms with Crippen molar-refractivity contribution < 1.29 is 18.7 Å². The van der Waals surface area contributed by atoms with Crippen LogP contribution in [0, 0.1) is 5.82 Å². The van der Waals surface area contributed by atoms with E-state index in [9.17, 15) is 9.18 Å². The van der Waals surface area contributed by atoms with Gasteiger partial charge in [-0.2, -0.15) is 0 Å². The third-order valence-electron chi connectivity index (χ3n) is 1.90. The molecule has 1 amide bonds. The second-order valence-corrected chi connectivity index (χ2v) is 4.94. The summed E-state index contributed by atoms with van der Waals surface area (Å²) in [6.45, 7) is 5.11. The van der Waals surface area contributed by atoms with E-state index < -0.39 is 17.5 Å². The number of anilines is 1. The summed E-state index contributed by atoms with van der Waals surface area (Å²) >= 11 is 5.89. The third-order valence-corrected chi connectivity index (χ3v) is 2.28. The van der Waals surface area contributed by atoms with Crippen molar-refractivity contribution in [2.24, 2.45) is 0 Å². The third kappa shape index (κ3) is 3.77. The number of methoxy groups -OCH3 is 1. The van der Waals surface area contributed by atoms with Gasteiger partial charge in [0.05, 0.1) is 7.11 Å². The number of benzene rings is 1. The molecule has 0 aliphatic carbocycles. The van der Waals surface area contributed by atoms with Gasteiger partial charge in [0.2, 0.25) is 0 Å². The maximum atomic E-state index is 13.5. The molecule has 1 N–H and O–H groups in total. The molecule has 0 aliphatic heterocycles. The number of rotatable bonds is 2. The van der Waals surface area contributed by atoms with E-state index in [0.29, 0.717) is 0 Å². The van der Waals surface area contributed by atoms with Crippen molar-refractivity contribution in [1.82, 2.24) is 0 Å². The molecule has 6 heteroatoms. The van der Waals surface area contributed by atoms with Crippen LogP contribution in [0.25, 0.3) is 0 Å². The minimum absolute atomic E-state index is 0.0108. The lowest BCUT2D eigenvalue weighted by Crippen LogP contribution is -2.27. The molecule has 0 heterocycles. The molecule has 0 aliphatic rings. The summed E-state index contributed by atoms with van der Waals surface area (Å²) in [4.78, 5) is 11.5. The average Bonchev–Trinajstić information content (AvgIpc) is 2.22. The molecule has 0 atom stereocenters. The van der Waals surface area contributed by atoms with Gasteiger partial charge in [0.1, 0.15) is 27.9 Å². The second kappa shape index (κ2) is 5.44. The van der Waals surface area contributed by atoms with Gasteiger partial charge in [-0.05, 0) is 32.9 Å². The lowest BCUT2D eigenvalue weighted by Gasteiger charge is -2.20. The van der Waals surface area contributed by atoms with Gasteiger partial charge < -0.3 is 9.47 Å². The Labute approximate surface area is 110 Å². The normalized spacial score (nSPS) is 11.0. The smallest absolute Gasteiger partial charge is 0.412 e. The number of hydrogen-bond acceptors (Lipinski definition) is 3. The standard InChI is InChI=1S/C12H15ClFNO3/c1-12(2,3)18-11(16)15-10-7(14)5-6-8(17-4)9(10)13/h5-6H,1-4H3,(H,15,16). The van der Waals surface area contributed by atoms with Crippen LogP contribution in [0.2, 0.25) is 5.02 Å². The van der Waals surface area contributed by atoms with Gasteiger partial charge in [-0.25, -0.2) is 9.18 Å². The first kappa shape index (κ1) is 14.6. The van der Waals surface area contributed by atoms with Crippen LogP contribution < -0.4 is 10.1 Å². The van der Waals surface area contributed by atoms with E-state index in [4.69, 9.17) is 21.1 Å². The van der Waals surface area contributed by atoms with Gasteiger partial charge >= 0.3 is 6.09 Å². The summed E-state index contributed by atoms with van der Waals surface area (Å²) in [7, 11) is 1.40. The van der Waals surface area contributed by atoms with Gasteiger partial charge in [-0.3, -0.25) is 5.32 Å². The number of hydrogen-bond donors (Lipinski definition) is 1.